The Morgan fingerprint density at radius 1 is 0.845 bits per heavy atom. The van der Waals surface area contributed by atoms with Gasteiger partial charge < -0.3 is 38.8 Å². The number of fused-ring (bicyclic) bond motifs is 1. The van der Waals surface area contributed by atoms with Crippen LogP contribution >= 0.6 is 0 Å². The van der Waals surface area contributed by atoms with E-state index in [1.54, 1.807) is 49.4 Å². The molecule has 0 spiro atoms. The maximum absolute atomic E-state index is 13.1. The van der Waals surface area contributed by atoms with Gasteiger partial charge in [-0.05, 0) is 65.9 Å². The van der Waals surface area contributed by atoms with Crippen LogP contribution in [-0.4, -0.2) is 89.5 Å². The Labute approximate surface area is 336 Å². The van der Waals surface area contributed by atoms with Crippen molar-refractivity contribution in [2.75, 3.05) is 46.0 Å². The first kappa shape index (κ1) is 40.1. The number of unbranched alkanes of at least 4 members (excludes halogenated alkanes) is 1. The van der Waals surface area contributed by atoms with Crippen LogP contribution in [0.5, 0.6) is 11.5 Å². The van der Waals surface area contributed by atoms with Crippen molar-refractivity contribution in [3.63, 3.8) is 0 Å². The highest BCUT2D eigenvalue weighted by Crippen LogP contribution is 2.43. The quantitative estimate of drug-likeness (QED) is 0.0585. The molecule has 1 saturated heterocycles. The Balaban J connectivity index is 1.22. The number of ether oxygens (including phenoxy) is 6. The monoisotopic (exact) mass is 783 g/mol. The minimum Gasteiger partial charge on any atom is -0.497 e. The van der Waals surface area contributed by atoms with Crippen molar-refractivity contribution < 1.29 is 38.3 Å². The van der Waals surface area contributed by atoms with Crippen molar-refractivity contribution in [3.05, 3.63) is 144 Å². The van der Waals surface area contributed by atoms with E-state index in [0.29, 0.717) is 54.3 Å². The lowest BCUT2D eigenvalue weighted by Crippen LogP contribution is -2.40. The largest absolute Gasteiger partial charge is 0.497 e. The maximum Gasteiger partial charge on any atom is 0.256 e. The highest BCUT2D eigenvalue weighted by molar-refractivity contribution is 6.06. The molecule has 1 fully saturated rings. The molecule has 298 valence electrons. The molecule has 58 heavy (non-hydrogen) atoms. The normalized spacial score (nSPS) is 17.8. The zero-order chi connectivity index (χ0) is 40.3. The summed E-state index contributed by atoms with van der Waals surface area (Å²) >= 11 is 0. The number of rotatable bonds is 18. The second-order valence-corrected chi connectivity index (χ2v) is 13.5. The third-order valence-corrected chi connectivity index (χ3v) is 10.0. The van der Waals surface area contributed by atoms with E-state index in [0.717, 1.165) is 16.7 Å². The molecule has 0 radical (unpaired) electrons. The molecule has 1 aliphatic heterocycles. The van der Waals surface area contributed by atoms with E-state index in [4.69, 9.17) is 34.8 Å². The first-order valence-corrected chi connectivity index (χ1v) is 19.0. The number of aliphatic hydroxyl groups excluding tert-OH is 1. The van der Waals surface area contributed by atoms with Crippen LogP contribution in [0.15, 0.2) is 122 Å². The van der Waals surface area contributed by atoms with Crippen LogP contribution < -0.4 is 14.8 Å². The number of aromatic nitrogens is 4. The predicted molar refractivity (Wildman–Crippen MR) is 217 cm³/mol. The van der Waals surface area contributed by atoms with Crippen LogP contribution in [0.25, 0.3) is 11.2 Å². The Bertz CT molecular complexity index is 2230. The number of anilines is 1. The molecule has 13 heteroatoms. The number of nitrogens with one attached hydrogen (secondary N) is 1. The SMILES string of the molecule is C#CCOCCCCOC1C(O)C(COC(c2ccccc2)(c2ccc(OC)cc2)c2ccc(OC)cc2)OC1n1cnc2c(NC(=O)c3ccccc3)ncnc21. The minimum atomic E-state index is -1.16. The molecule has 0 bridgehead atoms. The van der Waals surface area contributed by atoms with E-state index in [1.165, 1.54) is 6.33 Å². The fourth-order valence-corrected chi connectivity index (χ4v) is 7.10. The maximum atomic E-state index is 13.1. The van der Waals surface area contributed by atoms with Gasteiger partial charge in [-0.25, -0.2) is 15.0 Å². The molecule has 4 aromatic carbocycles. The smallest absolute Gasteiger partial charge is 0.256 e. The van der Waals surface area contributed by atoms with Gasteiger partial charge in [-0.3, -0.25) is 9.36 Å². The van der Waals surface area contributed by atoms with Gasteiger partial charge in [0.2, 0.25) is 0 Å². The molecule has 4 unspecified atom stereocenters. The van der Waals surface area contributed by atoms with Crippen LogP contribution in [0, 0.1) is 12.3 Å². The average Bonchev–Trinajstić information content (AvgIpc) is 3.85. The summed E-state index contributed by atoms with van der Waals surface area (Å²) in [6.45, 7) is 0.974. The van der Waals surface area contributed by atoms with Crippen LogP contribution in [-0.2, 0) is 24.5 Å². The van der Waals surface area contributed by atoms with E-state index in [-0.39, 0.29) is 24.9 Å². The van der Waals surface area contributed by atoms with Gasteiger partial charge in [0.1, 0.15) is 48.3 Å². The van der Waals surface area contributed by atoms with Gasteiger partial charge in [-0.2, -0.15) is 0 Å². The van der Waals surface area contributed by atoms with Crippen LogP contribution in [0.2, 0.25) is 0 Å². The summed E-state index contributed by atoms with van der Waals surface area (Å²) in [7, 11) is 3.24. The number of carbonyl (C=O) groups excluding carboxylic acids is 1. The molecule has 2 aromatic heterocycles. The third kappa shape index (κ3) is 8.57. The highest BCUT2D eigenvalue weighted by Gasteiger charge is 2.48. The van der Waals surface area contributed by atoms with Crippen LogP contribution in [0.3, 0.4) is 0 Å². The van der Waals surface area contributed by atoms with Crippen molar-refractivity contribution in [2.45, 2.75) is 43.0 Å². The number of hydrogen-bond acceptors (Lipinski definition) is 11. The molecule has 13 nitrogen and oxygen atoms in total. The van der Waals surface area contributed by atoms with Crippen molar-refractivity contribution in [1.29, 1.82) is 0 Å². The van der Waals surface area contributed by atoms with Gasteiger partial charge in [0.05, 0.1) is 27.2 Å². The lowest BCUT2D eigenvalue weighted by atomic mass is 9.80. The number of aliphatic hydroxyl groups is 1. The van der Waals surface area contributed by atoms with Crippen LogP contribution in [0.1, 0.15) is 46.1 Å². The molecular weight excluding hydrogens is 739 g/mol. The molecular formula is C45H45N5O8. The summed E-state index contributed by atoms with van der Waals surface area (Å²) in [6.07, 6.45) is 5.81. The summed E-state index contributed by atoms with van der Waals surface area (Å²) in [4.78, 5) is 26.5. The van der Waals surface area contributed by atoms with Gasteiger partial charge in [0.25, 0.3) is 5.91 Å². The number of benzene rings is 4. The summed E-state index contributed by atoms with van der Waals surface area (Å²) in [6, 6.07) is 34.1. The Hall–Kier alpha value is -6.14. The fourth-order valence-electron chi connectivity index (χ4n) is 7.10. The minimum absolute atomic E-state index is 0.0512. The predicted octanol–water partition coefficient (Wildman–Crippen LogP) is 6.18. The van der Waals surface area contributed by atoms with Gasteiger partial charge in [-0.15, -0.1) is 6.42 Å². The zero-order valence-electron chi connectivity index (χ0n) is 32.3. The second-order valence-electron chi connectivity index (χ2n) is 13.5. The molecule has 6 aromatic rings. The Morgan fingerprint density at radius 3 is 2.10 bits per heavy atom. The first-order chi connectivity index (χ1) is 28.5. The van der Waals surface area contributed by atoms with Crippen molar-refractivity contribution in [2.24, 2.45) is 0 Å². The molecule has 1 aliphatic rings. The third-order valence-electron chi connectivity index (χ3n) is 10.0. The van der Waals surface area contributed by atoms with E-state index in [1.807, 2.05) is 84.9 Å². The molecule has 3 heterocycles. The van der Waals surface area contributed by atoms with Crippen molar-refractivity contribution >= 4 is 22.9 Å². The molecule has 0 aliphatic carbocycles. The summed E-state index contributed by atoms with van der Waals surface area (Å²) in [5, 5.41) is 14.9. The zero-order valence-corrected chi connectivity index (χ0v) is 32.3. The number of amides is 1. The molecule has 4 atom stereocenters. The number of terminal acetylenes is 1. The topological polar surface area (TPSA) is 148 Å². The standard InChI is InChI=1S/C45H45N5O8/c1-4-25-55-26-11-12-27-56-40-39(51)37(58-44(40)50-30-48-38-41(46-29-47-42(38)50)49-43(52)31-13-7-5-8-14-31)28-57-45(32-15-9-6-10-16-32,33-17-21-35(53-2)22-18-33)34-19-23-36(54-3)24-20-34/h1,5-10,13-24,29-30,37,39-40,44,51H,11-12,25-28H2,2-3H3,(H,46,47,49,52). The second kappa shape index (κ2) is 18.9. The van der Waals surface area contributed by atoms with E-state index >= 15 is 0 Å². The molecule has 2 N–H and O–H groups in total. The van der Waals surface area contributed by atoms with E-state index < -0.39 is 30.1 Å². The summed E-state index contributed by atoms with van der Waals surface area (Å²) in [5.41, 5.74) is 2.55. The molecule has 1 amide bonds. The highest BCUT2D eigenvalue weighted by atomic mass is 16.6. The molecule has 7 rings (SSSR count). The fraction of sp³-hybridized carbons (Fsp3) is 0.289. The van der Waals surface area contributed by atoms with E-state index in [9.17, 15) is 9.90 Å². The number of methoxy groups -OCH3 is 2. The average molecular weight is 784 g/mol. The van der Waals surface area contributed by atoms with Gasteiger partial charge >= 0.3 is 0 Å². The van der Waals surface area contributed by atoms with E-state index in [2.05, 4.69) is 26.2 Å². The van der Waals surface area contributed by atoms with Crippen molar-refractivity contribution in [3.8, 4) is 23.8 Å². The van der Waals surface area contributed by atoms with Gasteiger partial charge in [0.15, 0.2) is 23.2 Å². The Morgan fingerprint density at radius 2 is 1.47 bits per heavy atom. The first-order valence-electron chi connectivity index (χ1n) is 19.0. The van der Waals surface area contributed by atoms with Crippen molar-refractivity contribution in [1.82, 2.24) is 19.5 Å². The number of imidazole rings is 1. The lowest BCUT2D eigenvalue weighted by Gasteiger charge is -2.37. The summed E-state index contributed by atoms with van der Waals surface area (Å²) < 4.78 is 38.4. The Kier molecular flexibility index (Phi) is 13.0. The summed E-state index contributed by atoms with van der Waals surface area (Å²) in [5.74, 6) is 3.74. The van der Waals surface area contributed by atoms with Crippen LogP contribution in [0.4, 0.5) is 5.82 Å². The molecule has 0 saturated carbocycles. The van der Waals surface area contributed by atoms with Gasteiger partial charge in [0, 0.05) is 18.8 Å². The van der Waals surface area contributed by atoms with Gasteiger partial charge in [-0.1, -0.05) is 78.7 Å². The number of nitrogens with zero attached hydrogens (tertiary/aromatic N) is 4. The number of carbonyl (C=O) groups is 1. The lowest BCUT2D eigenvalue weighted by molar-refractivity contribution is -0.0961. The number of hydrogen-bond donors (Lipinski definition) is 2.